The van der Waals surface area contributed by atoms with E-state index >= 15 is 0 Å². The normalized spacial score (nSPS) is 11.5. The summed E-state index contributed by atoms with van der Waals surface area (Å²) in [6, 6.07) is 27.3. The molecule has 23 heavy (non-hydrogen) atoms. The molecule has 0 radical (unpaired) electrons. The molecule has 3 heterocycles. The zero-order valence-electron chi connectivity index (χ0n) is 12.5. The topological polar surface area (TPSA) is 17.3 Å². The Hall–Kier alpha value is -3.13. The second kappa shape index (κ2) is 4.68. The molecule has 0 unspecified atom stereocenters. The summed E-state index contributed by atoms with van der Waals surface area (Å²) in [7, 11) is 0. The minimum Gasteiger partial charge on any atom is -0.315 e. The predicted molar refractivity (Wildman–Crippen MR) is 95.6 cm³/mol. The van der Waals surface area contributed by atoms with Crippen molar-refractivity contribution < 1.29 is 0 Å². The van der Waals surface area contributed by atoms with Gasteiger partial charge in [0.1, 0.15) is 0 Å². The minimum atomic E-state index is 1.03. The van der Waals surface area contributed by atoms with Gasteiger partial charge in [-0.3, -0.25) is 0 Å². The lowest BCUT2D eigenvalue weighted by Gasteiger charge is -2.08. The highest BCUT2D eigenvalue weighted by Crippen LogP contribution is 2.34. The number of hydrogen-bond donors (Lipinski definition) is 0. The van der Waals surface area contributed by atoms with Crippen LogP contribution in [0.2, 0.25) is 0 Å². The average Bonchev–Trinajstić information content (AvgIpc) is 3.02. The van der Waals surface area contributed by atoms with E-state index in [2.05, 4.69) is 77.3 Å². The molecule has 0 fully saturated rings. The van der Waals surface area contributed by atoms with Crippen LogP contribution in [0.5, 0.6) is 0 Å². The smallest absolute Gasteiger partial charge is 0.0956 e. The molecule has 2 aromatic carbocycles. The van der Waals surface area contributed by atoms with Gasteiger partial charge in [-0.2, -0.15) is 0 Å². The van der Waals surface area contributed by atoms with Crippen LogP contribution in [-0.4, -0.2) is 9.38 Å². The first-order chi connectivity index (χ1) is 11.4. The highest BCUT2D eigenvalue weighted by atomic mass is 14.9. The maximum absolute atomic E-state index is 4.98. The summed E-state index contributed by atoms with van der Waals surface area (Å²) >= 11 is 0. The highest BCUT2D eigenvalue weighted by Gasteiger charge is 2.14. The summed E-state index contributed by atoms with van der Waals surface area (Å²) < 4.78 is 2.23. The first kappa shape index (κ1) is 12.4. The Labute approximate surface area is 133 Å². The molecular formula is C21H14N2. The first-order valence-corrected chi connectivity index (χ1v) is 7.76. The van der Waals surface area contributed by atoms with Crippen LogP contribution in [0.4, 0.5) is 0 Å². The second-order valence-electron chi connectivity index (χ2n) is 5.75. The summed E-state index contributed by atoms with van der Waals surface area (Å²) in [5.41, 5.74) is 5.58. The van der Waals surface area contributed by atoms with Crippen molar-refractivity contribution in [1.29, 1.82) is 0 Å². The van der Waals surface area contributed by atoms with Gasteiger partial charge in [-0.05, 0) is 24.3 Å². The Bertz CT molecular complexity index is 1150. The van der Waals surface area contributed by atoms with Gasteiger partial charge in [0.25, 0.3) is 0 Å². The van der Waals surface area contributed by atoms with Crippen LogP contribution in [0.25, 0.3) is 38.6 Å². The number of para-hydroxylation sites is 1. The molecule has 0 aliphatic rings. The van der Waals surface area contributed by atoms with E-state index < -0.39 is 0 Å². The van der Waals surface area contributed by atoms with E-state index in [4.69, 9.17) is 4.98 Å². The van der Waals surface area contributed by atoms with E-state index in [-0.39, 0.29) is 0 Å². The van der Waals surface area contributed by atoms with Crippen molar-refractivity contribution in [2.45, 2.75) is 0 Å². The number of fused-ring (bicyclic) bond motifs is 5. The van der Waals surface area contributed by atoms with E-state index in [0.717, 1.165) is 16.8 Å². The number of rotatable bonds is 1. The van der Waals surface area contributed by atoms with Gasteiger partial charge in [-0.1, -0.05) is 54.6 Å². The fourth-order valence-electron chi connectivity index (χ4n) is 3.34. The largest absolute Gasteiger partial charge is 0.315 e. The van der Waals surface area contributed by atoms with Crippen LogP contribution >= 0.6 is 0 Å². The second-order valence-corrected chi connectivity index (χ2v) is 5.75. The molecule has 2 nitrogen and oxygen atoms in total. The molecular weight excluding hydrogens is 280 g/mol. The van der Waals surface area contributed by atoms with E-state index in [0.29, 0.717) is 0 Å². The standard InChI is InChI=1S/C21H14N2/c1-2-8-15(9-3-1)20-21-18(14-16-10-6-7-13-23(16)21)17-11-4-5-12-19(17)22-20/h1-14H. The lowest BCUT2D eigenvalue weighted by molar-refractivity contribution is 1.24. The third kappa shape index (κ3) is 1.78. The van der Waals surface area contributed by atoms with Crippen LogP contribution in [0.1, 0.15) is 0 Å². The fraction of sp³-hybridized carbons (Fsp3) is 0. The zero-order valence-corrected chi connectivity index (χ0v) is 12.5. The molecule has 0 saturated carbocycles. The summed E-state index contributed by atoms with van der Waals surface area (Å²) in [5.74, 6) is 0. The van der Waals surface area contributed by atoms with Crippen molar-refractivity contribution in [3.8, 4) is 11.3 Å². The van der Waals surface area contributed by atoms with Gasteiger partial charge >= 0.3 is 0 Å². The summed E-state index contributed by atoms with van der Waals surface area (Å²) in [6.07, 6.45) is 2.11. The van der Waals surface area contributed by atoms with Gasteiger partial charge in [-0.25, -0.2) is 4.98 Å². The van der Waals surface area contributed by atoms with Gasteiger partial charge in [0.15, 0.2) is 0 Å². The van der Waals surface area contributed by atoms with Crippen LogP contribution in [-0.2, 0) is 0 Å². The van der Waals surface area contributed by atoms with Crippen molar-refractivity contribution in [2.75, 3.05) is 0 Å². The van der Waals surface area contributed by atoms with Crippen molar-refractivity contribution >= 4 is 27.3 Å². The monoisotopic (exact) mass is 294 g/mol. The molecule has 0 aliphatic carbocycles. The lowest BCUT2D eigenvalue weighted by Crippen LogP contribution is -1.91. The van der Waals surface area contributed by atoms with Crippen molar-refractivity contribution in [3.63, 3.8) is 0 Å². The minimum absolute atomic E-state index is 1.03. The number of hydrogen-bond acceptors (Lipinski definition) is 1. The summed E-state index contributed by atoms with van der Waals surface area (Å²) in [4.78, 5) is 4.98. The molecule has 0 bridgehead atoms. The molecule has 2 heteroatoms. The third-order valence-corrected chi connectivity index (χ3v) is 4.38. The molecule has 3 aromatic heterocycles. The molecule has 108 valence electrons. The van der Waals surface area contributed by atoms with E-state index in [1.165, 1.54) is 21.8 Å². The number of aromatic nitrogens is 2. The quantitative estimate of drug-likeness (QED) is 0.409. The van der Waals surface area contributed by atoms with Crippen LogP contribution in [0.15, 0.2) is 85.1 Å². The molecule has 0 N–H and O–H groups in total. The van der Waals surface area contributed by atoms with Gasteiger partial charge in [0, 0.05) is 28.0 Å². The van der Waals surface area contributed by atoms with E-state index in [1.807, 2.05) is 12.1 Å². The fourth-order valence-corrected chi connectivity index (χ4v) is 3.34. The maximum Gasteiger partial charge on any atom is 0.0956 e. The van der Waals surface area contributed by atoms with Crippen molar-refractivity contribution in [2.24, 2.45) is 0 Å². The van der Waals surface area contributed by atoms with E-state index in [1.54, 1.807) is 0 Å². The highest BCUT2D eigenvalue weighted by molar-refractivity contribution is 6.12. The molecule has 0 aliphatic heterocycles. The Morgan fingerprint density at radius 1 is 0.696 bits per heavy atom. The molecule has 0 atom stereocenters. The summed E-state index contributed by atoms with van der Waals surface area (Å²) in [6.45, 7) is 0. The zero-order chi connectivity index (χ0) is 15.2. The van der Waals surface area contributed by atoms with Crippen LogP contribution < -0.4 is 0 Å². The van der Waals surface area contributed by atoms with E-state index in [9.17, 15) is 0 Å². The third-order valence-electron chi connectivity index (χ3n) is 4.38. The molecule has 0 saturated heterocycles. The van der Waals surface area contributed by atoms with Gasteiger partial charge in [-0.15, -0.1) is 0 Å². The summed E-state index contributed by atoms with van der Waals surface area (Å²) in [5, 5.41) is 2.45. The Morgan fingerprint density at radius 3 is 2.39 bits per heavy atom. The van der Waals surface area contributed by atoms with Crippen LogP contribution in [0.3, 0.4) is 0 Å². The lowest BCUT2D eigenvalue weighted by atomic mass is 10.1. The Balaban J connectivity index is 2.06. The Kier molecular flexibility index (Phi) is 2.53. The van der Waals surface area contributed by atoms with Gasteiger partial charge in [0.05, 0.1) is 16.7 Å². The average molecular weight is 294 g/mol. The maximum atomic E-state index is 4.98. The molecule has 5 rings (SSSR count). The predicted octanol–water partition coefficient (Wildman–Crippen LogP) is 5.31. The molecule has 0 amide bonds. The Morgan fingerprint density at radius 2 is 1.48 bits per heavy atom. The first-order valence-electron chi connectivity index (χ1n) is 7.76. The molecule has 5 aromatic rings. The number of benzene rings is 2. The van der Waals surface area contributed by atoms with Gasteiger partial charge in [0.2, 0.25) is 0 Å². The molecule has 0 spiro atoms. The number of nitrogens with zero attached hydrogens (tertiary/aromatic N) is 2. The SMILES string of the molecule is c1ccc(-c2nc3ccccc3c3cc4ccccn4c23)cc1. The number of pyridine rings is 2. The van der Waals surface area contributed by atoms with Gasteiger partial charge < -0.3 is 4.40 Å². The van der Waals surface area contributed by atoms with Crippen molar-refractivity contribution in [3.05, 3.63) is 85.1 Å². The van der Waals surface area contributed by atoms with Crippen LogP contribution in [0, 0.1) is 0 Å². The van der Waals surface area contributed by atoms with Crippen molar-refractivity contribution in [1.82, 2.24) is 9.38 Å².